The van der Waals surface area contributed by atoms with E-state index >= 15 is 0 Å². The summed E-state index contributed by atoms with van der Waals surface area (Å²) in [6.07, 6.45) is 2.68. The number of aliphatic hydroxyl groups is 1. The minimum absolute atomic E-state index is 0. The maximum atomic E-state index is 11.1. The number of rotatable bonds is 8. The molecule has 3 rings (SSSR count). The zero-order valence-electron chi connectivity index (χ0n) is 18.8. The zero-order chi connectivity index (χ0) is 21.6. The highest BCUT2D eigenvalue weighted by molar-refractivity contribution is 5.85. The van der Waals surface area contributed by atoms with Gasteiger partial charge in [0.25, 0.3) is 0 Å². The highest BCUT2D eigenvalue weighted by atomic mass is 35.5. The molecule has 1 N–H and O–H groups in total. The summed E-state index contributed by atoms with van der Waals surface area (Å²) in [7, 11) is 2.04. The summed E-state index contributed by atoms with van der Waals surface area (Å²) in [5.41, 5.74) is 2.38. The van der Waals surface area contributed by atoms with E-state index in [2.05, 4.69) is 15.9 Å². The number of piperidine rings is 1. The summed E-state index contributed by atoms with van der Waals surface area (Å²) in [5.74, 6) is 0.872. The first-order valence-electron chi connectivity index (χ1n) is 10.8. The number of likely N-dealkylation sites (N-methyl/N-ethyl adjacent to an activating group) is 1. The van der Waals surface area contributed by atoms with E-state index in [-0.39, 0.29) is 18.5 Å². The Morgan fingerprint density at radius 1 is 1.10 bits per heavy atom. The van der Waals surface area contributed by atoms with Crippen molar-refractivity contribution < 1.29 is 9.84 Å². The van der Waals surface area contributed by atoms with Crippen molar-refractivity contribution in [3.05, 3.63) is 59.7 Å². The fourth-order valence-corrected chi connectivity index (χ4v) is 3.97. The number of nitriles is 1. The van der Waals surface area contributed by atoms with Crippen molar-refractivity contribution in [3.63, 3.8) is 0 Å². The molecule has 2 aromatic carbocycles. The molecule has 1 fully saturated rings. The number of hydrogen-bond donors (Lipinski definition) is 1. The molecule has 0 atom stereocenters. The van der Waals surface area contributed by atoms with Crippen LogP contribution in [0.4, 0.5) is 5.69 Å². The molecule has 168 valence electrons. The normalized spacial score (nSPS) is 15.7. The standard InChI is InChI=1S/C25H33N3O2.ClH/c1-20(2)30-24-10-8-23(9-11-24)27(3)19-25(29)13-16-28(17-14-25)15-12-21-4-6-22(18-26)7-5-21;/h4-11,20,29H,12-17,19H2,1-3H3;1H. The van der Waals surface area contributed by atoms with E-state index in [0.29, 0.717) is 12.1 Å². The van der Waals surface area contributed by atoms with Gasteiger partial charge in [-0.2, -0.15) is 5.26 Å². The van der Waals surface area contributed by atoms with Crippen LogP contribution in [0, 0.1) is 11.3 Å². The average Bonchev–Trinajstić information content (AvgIpc) is 2.73. The van der Waals surface area contributed by atoms with Crippen LogP contribution in [-0.4, -0.2) is 54.9 Å². The van der Waals surface area contributed by atoms with E-state index < -0.39 is 5.60 Å². The molecule has 5 nitrogen and oxygen atoms in total. The topological polar surface area (TPSA) is 59.7 Å². The van der Waals surface area contributed by atoms with Crippen molar-refractivity contribution in [2.45, 2.75) is 44.8 Å². The molecular weight excluding hydrogens is 410 g/mol. The lowest BCUT2D eigenvalue weighted by atomic mass is 9.90. The molecule has 0 aromatic heterocycles. The quantitative estimate of drug-likeness (QED) is 0.660. The molecule has 31 heavy (non-hydrogen) atoms. The first kappa shape index (κ1) is 25.0. The first-order valence-corrected chi connectivity index (χ1v) is 10.8. The smallest absolute Gasteiger partial charge is 0.119 e. The van der Waals surface area contributed by atoms with Gasteiger partial charge in [0.05, 0.1) is 23.3 Å². The molecule has 0 unspecified atom stereocenters. The molecule has 0 aliphatic carbocycles. The average molecular weight is 444 g/mol. The number of likely N-dealkylation sites (tertiary alicyclic amines) is 1. The number of anilines is 1. The fraction of sp³-hybridized carbons (Fsp3) is 0.480. The van der Waals surface area contributed by atoms with Gasteiger partial charge in [-0.3, -0.25) is 0 Å². The van der Waals surface area contributed by atoms with Gasteiger partial charge in [0.2, 0.25) is 0 Å². The summed E-state index contributed by atoms with van der Waals surface area (Å²) in [6.45, 7) is 7.46. The second-order valence-electron chi connectivity index (χ2n) is 8.64. The van der Waals surface area contributed by atoms with Gasteiger partial charge in [-0.05, 0) is 75.1 Å². The van der Waals surface area contributed by atoms with Gasteiger partial charge in [0.15, 0.2) is 0 Å². The van der Waals surface area contributed by atoms with E-state index in [9.17, 15) is 5.11 Å². The Labute approximate surface area is 192 Å². The van der Waals surface area contributed by atoms with Crippen molar-refractivity contribution in [1.29, 1.82) is 5.26 Å². The third kappa shape index (κ3) is 7.43. The molecule has 0 spiro atoms. The Morgan fingerprint density at radius 3 is 2.26 bits per heavy atom. The first-order chi connectivity index (χ1) is 14.4. The summed E-state index contributed by atoms with van der Waals surface area (Å²) in [5, 5.41) is 20.0. The van der Waals surface area contributed by atoms with E-state index in [4.69, 9.17) is 10.00 Å². The van der Waals surface area contributed by atoms with Gasteiger partial charge in [0.1, 0.15) is 5.75 Å². The predicted octanol–water partition coefficient (Wildman–Crippen LogP) is 4.27. The van der Waals surface area contributed by atoms with Crippen LogP contribution >= 0.6 is 12.4 Å². The lowest BCUT2D eigenvalue weighted by Gasteiger charge is -2.40. The minimum Gasteiger partial charge on any atom is -0.491 e. The van der Waals surface area contributed by atoms with Crippen LogP contribution in [0.5, 0.6) is 5.75 Å². The van der Waals surface area contributed by atoms with Gasteiger partial charge < -0.3 is 19.6 Å². The van der Waals surface area contributed by atoms with Gasteiger partial charge in [-0.25, -0.2) is 0 Å². The Morgan fingerprint density at radius 2 is 1.71 bits per heavy atom. The highest BCUT2D eigenvalue weighted by Gasteiger charge is 2.33. The monoisotopic (exact) mass is 443 g/mol. The van der Waals surface area contributed by atoms with Gasteiger partial charge >= 0.3 is 0 Å². The summed E-state index contributed by atoms with van der Waals surface area (Å²) in [6, 6.07) is 18.1. The maximum Gasteiger partial charge on any atom is 0.119 e. The van der Waals surface area contributed by atoms with Crippen molar-refractivity contribution >= 4 is 18.1 Å². The Hall–Kier alpha value is -2.26. The molecule has 0 amide bonds. The third-order valence-electron chi connectivity index (χ3n) is 5.77. The Bertz CT molecular complexity index is 839. The van der Waals surface area contributed by atoms with Crippen LogP contribution in [0.2, 0.25) is 0 Å². The molecular formula is C25H34ClN3O2. The molecule has 1 heterocycles. The van der Waals surface area contributed by atoms with Crippen molar-refractivity contribution in [3.8, 4) is 11.8 Å². The predicted molar refractivity (Wildman–Crippen MR) is 128 cm³/mol. The van der Waals surface area contributed by atoms with E-state index in [0.717, 1.165) is 50.3 Å². The summed E-state index contributed by atoms with van der Waals surface area (Å²) < 4.78 is 5.71. The van der Waals surface area contributed by atoms with Crippen LogP contribution in [0.25, 0.3) is 0 Å². The molecule has 0 radical (unpaired) electrons. The second-order valence-corrected chi connectivity index (χ2v) is 8.64. The van der Waals surface area contributed by atoms with E-state index in [1.807, 2.05) is 69.4 Å². The molecule has 2 aromatic rings. The van der Waals surface area contributed by atoms with E-state index in [1.54, 1.807) is 0 Å². The highest BCUT2D eigenvalue weighted by Crippen LogP contribution is 2.26. The van der Waals surface area contributed by atoms with Crippen LogP contribution in [0.1, 0.15) is 37.8 Å². The zero-order valence-corrected chi connectivity index (χ0v) is 19.6. The van der Waals surface area contributed by atoms with Crippen LogP contribution in [0.3, 0.4) is 0 Å². The number of halogens is 1. The molecule has 6 heteroatoms. The molecule has 0 saturated carbocycles. The van der Waals surface area contributed by atoms with Gasteiger partial charge in [-0.15, -0.1) is 12.4 Å². The third-order valence-corrected chi connectivity index (χ3v) is 5.77. The van der Waals surface area contributed by atoms with Crippen LogP contribution in [-0.2, 0) is 6.42 Å². The number of nitrogens with zero attached hydrogens (tertiary/aromatic N) is 3. The number of hydrogen-bond acceptors (Lipinski definition) is 5. The van der Waals surface area contributed by atoms with Crippen molar-refractivity contribution in [2.75, 3.05) is 38.1 Å². The Balaban J connectivity index is 0.00000341. The van der Waals surface area contributed by atoms with Crippen molar-refractivity contribution in [1.82, 2.24) is 4.90 Å². The summed E-state index contributed by atoms with van der Waals surface area (Å²) >= 11 is 0. The second kappa shape index (κ2) is 11.4. The number of benzene rings is 2. The number of ether oxygens (including phenoxy) is 1. The Kier molecular flexibility index (Phi) is 9.18. The van der Waals surface area contributed by atoms with Crippen LogP contribution < -0.4 is 9.64 Å². The van der Waals surface area contributed by atoms with E-state index in [1.165, 1.54) is 5.56 Å². The molecule has 1 aliphatic rings. The lowest BCUT2D eigenvalue weighted by molar-refractivity contribution is -0.0137. The van der Waals surface area contributed by atoms with Crippen molar-refractivity contribution in [2.24, 2.45) is 0 Å². The van der Waals surface area contributed by atoms with Gasteiger partial charge in [0, 0.05) is 38.9 Å². The summed E-state index contributed by atoms with van der Waals surface area (Å²) in [4.78, 5) is 4.55. The largest absolute Gasteiger partial charge is 0.491 e. The SMILES string of the molecule is CC(C)Oc1ccc(N(C)CC2(O)CCN(CCc3ccc(C#N)cc3)CC2)cc1.Cl. The molecule has 1 aliphatic heterocycles. The minimum atomic E-state index is -0.660. The fourth-order valence-electron chi connectivity index (χ4n) is 3.97. The van der Waals surface area contributed by atoms with Crippen LogP contribution in [0.15, 0.2) is 48.5 Å². The molecule has 0 bridgehead atoms. The molecule has 1 saturated heterocycles. The lowest BCUT2D eigenvalue weighted by Crippen LogP contribution is -2.50. The van der Waals surface area contributed by atoms with Gasteiger partial charge in [-0.1, -0.05) is 12.1 Å². The maximum absolute atomic E-state index is 11.1.